The van der Waals surface area contributed by atoms with Crippen molar-refractivity contribution in [2.45, 2.75) is 10.5 Å². The molecule has 0 unspecified atom stereocenters. The highest BCUT2D eigenvalue weighted by Crippen LogP contribution is 2.34. The van der Waals surface area contributed by atoms with Crippen LogP contribution in [0.25, 0.3) is 0 Å². The second kappa shape index (κ2) is 7.01. The number of fused-ring (bicyclic) bond motifs is 1. The fourth-order valence-corrected chi connectivity index (χ4v) is 4.74. The molecule has 0 amide bonds. The molecule has 7 nitrogen and oxygen atoms in total. The van der Waals surface area contributed by atoms with Crippen LogP contribution in [0.1, 0.15) is 10.4 Å². The molecule has 9 heteroatoms. The summed E-state index contributed by atoms with van der Waals surface area (Å²) in [6.07, 6.45) is 2.83. The number of nitrogens with one attached hydrogen (secondary N) is 1. The van der Waals surface area contributed by atoms with Crippen LogP contribution in [0.3, 0.4) is 0 Å². The molecule has 27 heavy (non-hydrogen) atoms. The molecule has 2 N–H and O–H groups in total. The van der Waals surface area contributed by atoms with Gasteiger partial charge in [-0.3, -0.25) is 0 Å². The summed E-state index contributed by atoms with van der Waals surface area (Å²) in [4.78, 5) is 0.640. The second-order valence-electron chi connectivity index (χ2n) is 5.98. The van der Waals surface area contributed by atoms with Crippen molar-refractivity contribution in [3.05, 3.63) is 64.7 Å². The Balaban J connectivity index is 1.61. The topological polar surface area (TPSA) is 98.0 Å². The van der Waals surface area contributed by atoms with Crippen molar-refractivity contribution in [3.8, 4) is 11.5 Å². The Morgan fingerprint density at radius 2 is 1.96 bits per heavy atom. The highest BCUT2D eigenvalue weighted by Gasteiger charge is 2.35. The molecule has 1 atom stereocenters. The average Bonchev–Trinajstić information content (AvgIpc) is 3.40. The molecule has 1 aromatic carbocycles. The number of hydrogen-bond donors (Lipinski definition) is 2. The molecule has 0 spiro atoms. The molecular weight excluding hydrogens is 390 g/mol. The minimum absolute atomic E-state index is 0.0347. The maximum Gasteiger partial charge on any atom is 0.240 e. The summed E-state index contributed by atoms with van der Waals surface area (Å²) in [6, 6.07) is 9.57. The van der Waals surface area contributed by atoms with Crippen LogP contribution in [0.5, 0.6) is 11.5 Å². The van der Waals surface area contributed by atoms with Crippen molar-refractivity contribution in [2.75, 3.05) is 19.8 Å². The molecule has 142 valence electrons. The minimum Gasteiger partial charge on any atom is -0.486 e. The lowest BCUT2D eigenvalue weighted by Gasteiger charge is -2.26. The second-order valence-corrected chi connectivity index (χ2v) is 8.69. The van der Waals surface area contributed by atoms with Crippen molar-refractivity contribution in [2.24, 2.45) is 0 Å². The molecule has 0 saturated heterocycles. The SMILES string of the molecule is O=S(=O)(NC[C@](O)(c1ccoc1)c1cccs1)c1ccc2c(c1)OCCO2. The van der Waals surface area contributed by atoms with Gasteiger partial charge in [0, 0.05) is 23.1 Å². The zero-order chi connectivity index (χ0) is 18.9. The van der Waals surface area contributed by atoms with E-state index < -0.39 is 15.6 Å². The molecule has 0 saturated carbocycles. The van der Waals surface area contributed by atoms with Crippen LogP contribution in [0.4, 0.5) is 0 Å². The molecule has 0 aliphatic carbocycles. The van der Waals surface area contributed by atoms with Crippen LogP contribution < -0.4 is 14.2 Å². The molecule has 0 bridgehead atoms. The number of benzene rings is 1. The maximum atomic E-state index is 12.8. The van der Waals surface area contributed by atoms with Crippen molar-refractivity contribution in [1.82, 2.24) is 4.72 Å². The van der Waals surface area contributed by atoms with Crippen molar-refractivity contribution in [1.29, 1.82) is 0 Å². The number of rotatable bonds is 6. The van der Waals surface area contributed by atoms with Gasteiger partial charge < -0.3 is 19.0 Å². The quantitative estimate of drug-likeness (QED) is 0.651. The first-order valence-corrected chi connectivity index (χ1v) is 10.5. The van der Waals surface area contributed by atoms with E-state index in [9.17, 15) is 13.5 Å². The first kappa shape index (κ1) is 18.1. The van der Waals surface area contributed by atoms with Crippen LogP contribution in [0.2, 0.25) is 0 Å². The van der Waals surface area contributed by atoms with Gasteiger partial charge in [-0.25, -0.2) is 13.1 Å². The molecule has 1 aliphatic heterocycles. The third-order valence-corrected chi connectivity index (χ3v) is 6.69. The molecule has 4 rings (SSSR count). The molecule has 3 aromatic rings. The summed E-state index contributed by atoms with van der Waals surface area (Å²) in [7, 11) is -3.88. The van der Waals surface area contributed by atoms with E-state index in [1.54, 1.807) is 24.3 Å². The fourth-order valence-electron chi connectivity index (χ4n) is 2.82. The Morgan fingerprint density at radius 3 is 2.67 bits per heavy atom. The summed E-state index contributed by atoms with van der Waals surface area (Å²) in [6.45, 7) is 0.544. The van der Waals surface area contributed by atoms with E-state index >= 15 is 0 Å². The summed E-state index contributed by atoms with van der Waals surface area (Å²) in [5, 5.41) is 13.0. The van der Waals surface area contributed by atoms with Crippen LogP contribution in [-0.4, -0.2) is 33.3 Å². The van der Waals surface area contributed by atoms with Crippen molar-refractivity contribution >= 4 is 21.4 Å². The smallest absolute Gasteiger partial charge is 0.240 e. The lowest BCUT2D eigenvalue weighted by molar-refractivity contribution is 0.0892. The van der Waals surface area contributed by atoms with Crippen molar-refractivity contribution < 1.29 is 27.4 Å². The third-order valence-electron chi connectivity index (χ3n) is 4.27. The largest absolute Gasteiger partial charge is 0.486 e. The van der Waals surface area contributed by atoms with Crippen molar-refractivity contribution in [3.63, 3.8) is 0 Å². The average molecular weight is 407 g/mol. The van der Waals surface area contributed by atoms with Gasteiger partial charge >= 0.3 is 0 Å². The monoisotopic (exact) mass is 407 g/mol. The van der Waals surface area contributed by atoms with Gasteiger partial charge in [0.05, 0.1) is 17.4 Å². The van der Waals surface area contributed by atoms with Gasteiger partial charge in [-0.2, -0.15) is 0 Å². The maximum absolute atomic E-state index is 12.8. The van der Waals surface area contributed by atoms with E-state index in [0.29, 0.717) is 35.2 Å². The number of ether oxygens (including phenoxy) is 2. The van der Waals surface area contributed by atoms with Gasteiger partial charge in [0.2, 0.25) is 10.0 Å². The van der Waals surface area contributed by atoms with Gasteiger partial charge in [-0.05, 0) is 29.6 Å². The van der Waals surface area contributed by atoms with Gasteiger partial charge in [-0.1, -0.05) is 6.07 Å². The molecule has 0 radical (unpaired) electrons. The molecular formula is C18H17NO6S2. The summed E-state index contributed by atoms with van der Waals surface area (Å²) in [5.41, 5.74) is -1.07. The normalized spacial score (nSPS) is 16.0. The Morgan fingerprint density at radius 1 is 1.15 bits per heavy atom. The highest BCUT2D eigenvalue weighted by atomic mass is 32.2. The van der Waals surface area contributed by atoms with Crippen LogP contribution in [-0.2, 0) is 15.6 Å². The Labute approximate surface area is 160 Å². The first-order chi connectivity index (χ1) is 13.0. The zero-order valence-corrected chi connectivity index (χ0v) is 15.8. The lowest BCUT2D eigenvalue weighted by atomic mass is 9.95. The van der Waals surface area contributed by atoms with Gasteiger partial charge in [0.1, 0.15) is 18.8 Å². The van der Waals surface area contributed by atoms with Gasteiger partial charge in [-0.15, -0.1) is 11.3 Å². The molecule has 0 fully saturated rings. The molecule has 2 aromatic heterocycles. The fraction of sp³-hybridized carbons (Fsp3) is 0.222. The third kappa shape index (κ3) is 3.46. The van der Waals surface area contributed by atoms with E-state index in [4.69, 9.17) is 13.9 Å². The van der Waals surface area contributed by atoms with Gasteiger partial charge in [0.25, 0.3) is 0 Å². The predicted octanol–water partition coefficient (Wildman–Crippen LogP) is 2.33. The summed E-state index contributed by atoms with van der Waals surface area (Å²) in [5.74, 6) is 0.890. The van der Waals surface area contributed by atoms with E-state index in [1.807, 2.05) is 5.38 Å². The minimum atomic E-state index is -3.88. The Kier molecular flexibility index (Phi) is 4.68. The lowest BCUT2D eigenvalue weighted by Crippen LogP contribution is -2.40. The summed E-state index contributed by atoms with van der Waals surface area (Å²) >= 11 is 1.33. The standard InChI is InChI=1S/C18H17NO6S2/c20-18(13-5-6-23-11-13,17-2-1-9-26-17)12-19-27(21,22)14-3-4-15-16(10-14)25-8-7-24-15/h1-6,9-11,19-20H,7-8,12H2/t18-/m0/s1. The highest BCUT2D eigenvalue weighted by molar-refractivity contribution is 7.89. The van der Waals surface area contributed by atoms with E-state index in [1.165, 1.54) is 36.0 Å². The molecule has 3 heterocycles. The van der Waals surface area contributed by atoms with Crippen LogP contribution in [0, 0.1) is 0 Å². The Bertz CT molecular complexity index is 978. The summed E-state index contributed by atoms with van der Waals surface area (Å²) < 4.78 is 44.0. The van der Waals surface area contributed by atoms with Gasteiger partial charge in [0.15, 0.2) is 11.5 Å². The van der Waals surface area contributed by atoms with Crippen LogP contribution >= 0.6 is 11.3 Å². The number of hydrogen-bond acceptors (Lipinski definition) is 7. The molecule has 1 aliphatic rings. The predicted molar refractivity (Wildman–Crippen MR) is 98.6 cm³/mol. The van der Waals surface area contributed by atoms with E-state index in [-0.39, 0.29) is 11.4 Å². The van der Waals surface area contributed by atoms with Crippen LogP contribution in [0.15, 0.2) is 63.6 Å². The number of sulfonamides is 1. The number of furan rings is 1. The Hall–Kier alpha value is -2.33. The number of thiophene rings is 1. The first-order valence-electron chi connectivity index (χ1n) is 8.17. The van der Waals surface area contributed by atoms with E-state index in [2.05, 4.69) is 4.72 Å². The zero-order valence-electron chi connectivity index (χ0n) is 14.1. The number of aliphatic hydroxyl groups is 1. The van der Waals surface area contributed by atoms with E-state index in [0.717, 1.165) is 0 Å².